The topological polar surface area (TPSA) is 89.2 Å². The monoisotopic (exact) mass is 288 g/mol. The van der Waals surface area contributed by atoms with Gasteiger partial charge in [0.1, 0.15) is 12.4 Å². The molecule has 0 aliphatic carbocycles. The van der Waals surface area contributed by atoms with Crippen LogP contribution < -0.4 is 20.7 Å². The van der Waals surface area contributed by atoms with Gasteiger partial charge in [0, 0.05) is 14.1 Å². The summed E-state index contributed by atoms with van der Waals surface area (Å²) in [5, 5.41) is 3.07. The molecule has 0 saturated heterocycles. The molecule has 7 nitrogen and oxygen atoms in total. The first-order valence-corrected chi connectivity index (χ1v) is 6.67. The molecular formula is C14H20N6O. The third kappa shape index (κ3) is 4.48. The number of hydrogen-bond donors (Lipinski definition) is 2. The summed E-state index contributed by atoms with van der Waals surface area (Å²) >= 11 is 0. The average molecular weight is 288 g/mol. The van der Waals surface area contributed by atoms with Crippen LogP contribution in [0.2, 0.25) is 0 Å². The first-order valence-electron chi connectivity index (χ1n) is 6.67. The maximum Gasteiger partial charge on any atom is 0.231 e. The van der Waals surface area contributed by atoms with Crippen LogP contribution in [0, 0.1) is 6.92 Å². The lowest BCUT2D eigenvalue weighted by atomic mass is 10.2. The number of nitrogen functional groups attached to an aromatic ring is 1. The Morgan fingerprint density at radius 1 is 1.24 bits per heavy atom. The second-order valence-electron chi connectivity index (χ2n) is 4.80. The maximum absolute atomic E-state index is 5.65. The van der Waals surface area contributed by atoms with Crippen molar-refractivity contribution < 1.29 is 4.74 Å². The van der Waals surface area contributed by atoms with Gasteiger partial charge in [0.05, 0.1) is 6.54 Å². The number of nitrogens with one attached hydrogen (secondary N) is 1. The van der Waals surface area contributed by atoms with Crippen molar-refractivity contribution in [3.63, 3.8) is 0 Å². The molecule has 2 aromatic rings. The van der Waals surface area contributed by atoms with Crippen molar-refractivity contribution in [1.29, 1.82) is 0 Å². The number of nitrogens with zero attached hydrogens (tertiary/aromatic N) is 4. The molecule has 21 heavy (non-hydrogen) atoms. The highest BCUT2D eigenvalue weighted by atomic mass is 16.5. The largest absolute Gasteiger partial charge is 0.492 e. The summed E-state index contributed by atoms with van der Waals surface area (Å²) in [6.07, 6.45) is 0. The fraction of sp³-hybridized carbons (Fsp3) is 0.357. The van der Waals surface area contributed by atoms with Crippen LogP contribution in [0.1, 0.15) is 5.56 Å². The van der Waals surface area contributed by atoms with Gasteiger partial charge in [0.25, 0.3) is 0 Å². The molecular weight excluding hydrogens is 268 g/mol. The molecule has 1 heterocycles. The van der Waals surface area contributed by atoms with Crippen molar-refractivity contribution >= 4 is 17.8 Å². The summed E-state index contributed by atoms with van der Waals surface area (Å²) < 4.78 is 5.64. The number of benzene rings is 1. The molecule has 0 aliphatic rings. The number of anilines is 3. The zero-order chi connectivity index (χ0) is 15.2. The van der Waals surface area contributed by atoms with Gasteiger partial charge in [-0.15, -0.1) is 0 Å². The van der Waals surface area contributed by atoms with E-state index in [0.29, 0.717) is 25.0 Å². The number of rotatable bonds is 6. The van der Waals surface area contributed by atoms with E-state index in [1.165, 1.54) is 5.56 Å². The maximum atomic E-state index is 5.65. The van der Waals surface area contributed by atoms with Gasteiger partial charge in [-0.2, -0.15) is 15.0 Å². The van der Waals surface area contributed by atoms with Crippen LogP contribution in [0.15, 0.2) is 24.3 Å². The minimum atomic E-state index is 0.191. The zero-order valence-electron chi connectivity index (χ0n) is 12.5. The molecule has 0 spiro atoms. The predicted octanol–water partition coefficient (Wildman–Crippen LogP) is 1.32. The van der Waals surface area contributed by atoms with E-state index >= 15 is 0 Å². The molecule has 112 valence electrons. The molecule has 0 bridgehead atoms. The first kappa shape index (κ1) is 14.8. The van der Waals surface area contributed by atoms with Crippen molar-refractivity contribution in [2.75, 3.05) is 43.2 Å². The van der Waals surface area contributed by atoms with E-state index in [1.54, 1.807) is 4.90 Å². The Labute approximate surface area is 124 Å². The van der Waals surface area contributed by atoms with Gasteiger partial charge in [-0.05, 0) is 24.6 Å². The summed E-state index contributed by atoms with van der Waals surface area (Å²) in [6.45, 7) is 3.11. The highest BCUT2D eigenvalue weighted by Crippen LogP contribution is 2.12. The summed E-state index contributed by atoms with van der Waals surface area (Å²) in [5.41, 5.74) is 6.82. The number of aryl methyl sites for hydroxylation is 1. The molecule has 1 aromatic heterocycles. The molecule has 0 amide bonds. The van der Waals surface area contributed by atoms with Crippen LogP contribution in [0.5, 0.6) is 5.75 Å². The van der Waals surface area contributed by atoms with Gasteiger partial charge in [-0.3, -0.25) is 0 Å². The minimum Gasteiger partial charge on any atom is -0.492 e. The normalized spacial score (nSPS) is 10.2. The Hall–Kier alpha value is -2.57. The van der Waals surface area contributed by atoms with Crippen LogP contribution >= 0.6 is 0 Å². The number of aromatic nitrogens is 3. The fourth-order valence-corrected chi connectivity index (χ4v) is 1.70. The van der Waals surface area contributed by atoms with E-state index in [-0.39, 0.29) is 5.95 Å². The lowest BCUT2D eigenvalue weighted by molar-refractivity contribution is 0.332. The van der Waals surface area contributed by atoms with Crippen molar-refractivity contribution in [3.05, 3.63) is 29.8 Å². The SMILES string of the molecule is Cc1cccc(OCCNc2nc(N)nc(N(C)C)n2)c1. The molecule has 1 aromatic carbocycles. The van der Waals surface area contributed by atoms with E-state index in [0.717, 1.165) is 5.75 Å². The number of hydrogen-bond acceptors (Lipinski definition) is 7. The van der Waals surface area contributed by atoms with Crippen molar-refractivity contribution in [3.8, 4) is 5.75 Å². The second-order valence-corrected chi connectivity index (χ2v) is 4.80. The van der Waals surface area contributed by atoms with Crippen LogP contribution in [-0.2, 0) is 0 Å². The third-order valence-corrected chi connectivity index (χ3v) is 2.68. The Kier molecular flexibility index (Phi) is 4.76. The Balaban J connectivity index is 1.86. The molecule has 0 saturated carbocycles. The molecule has 0 radical (unpaired) electrons. The van der Waals surface area contributed by atoms with Gasteiger partial charge in [0.2, 0.25) is 17.8 Å². The lowest BCUT2D eigenvalue weighted by Crippen LogP contribution is -2.18. The molecule has 0 atom stereocenters. The van der Waals surface area contributed by atoms with Gasteiger partial charge in [-0.25, -0.2) is 0 Å². The lowest BCUT2D eigenvalue weighted by Gasteiger charge is -2.12. The Bertz CT molecular complexity index is 602. The number of ether oxygens (including phenoxy) is 1. The van der Waals surface area contributed by atoms with Gasteiger partial charge in [0.15, 0.2) is 0 Å². The molecule has 0 unspecified atom stereocenters. The van der Waals surface area contributed by atoms with E-state index < -0.39 is 0 Å². The van der Waals surface area contributed by atoms with Crippen LogP contribution in [0.4, 0.5) is 17.8 Å². The molecule has 2 rings (SSSR count). The highest BCUT2D eigenvalue weighted by molar-refractivity contribution is 5.40. The van der Waals surface area contributed by atoms with Crippen molar-refractivity contribution in [2.24, 2.45) is 0 Å². The average Bonchev–Trinajstić information content (AvgIpc) is 2.43. The summed E-state index contributed by atoms with van der Waals surface area (Å²) in [5.74, 6) is 2.00. The molecule has 7 heteroatoms. The molecule has 0 aliphatic heterocycles. The van der Waals surface area contributed by atoms with Crippen LogP contribution in [0.25, 0.3) is 0 Å². The Morgan fingerprint density at radius 2 is 2.05 bits per heavy atom. The van der Waals surface area contributed by atoms with Crippen molar-refractivity contribution in [2.45, 2.75) is 6.92 Å². The van der Waals surface area contributed by atoms with E-state index in [9.17, 15) is 0 Å². The van der Waals surface area contributed by atoms with E-state index in [4.69, 9.17) is 10.5 Å². The van der Waals surface area contributed by atoms with E-state index in [1.807, 2.05) is 45.3 Å². The van der Waals surface area contributed by atoms with Crippen molar-refractivity contribution in [1.82, 2.24) is 15.0 Å². The van der Waals surface area contributed by atoms with Gasteiger partial charge >= 0.3 is 0 Å². The second kappa shape index (κ2) is 6.74. The Morgan fingerprint density at radius 3 is 2.76 bits per heavy atom. The highest BCUT2D eigenvalue weighted by Gasteiger charge is 2.05. The van der Waals surface area contributed by atoms with E-state index in [2.05, 4.69) is 20.3 Å². The zero-order valence-corrected chi connectivity index (χ0v) is 12.5. The predicted molar refractivity (Wildman–Crippen MR) is 83.7 cm³/mol. The van der Waals surface area contributed by atoms with Crippen LogP contribution in [-0.4, -0.2) is 42.2 Å². The summed E-state index contributed by atoms with van der Waals surface area (Å²) in [7, 11) is 3.69. The fourth-order valence-electron chi connectivity index (χ4n) is 1.70. The molecule has 3 N–H and O–H groups in total. The first-order chi connectivity index (χ1) is 10.0. The van der Waals surface area contributed by atoms with Gasteiger partial charge < -0.3 is 20.7 Å². The summed E-state index contributed by atoms with van der Waals surface area (Å²) in [6, 6.07) is 7.92. The standard InChI is InChI=1S/C14H20N6O/c1-10-5-4-6-11(9-10)21-8-7-16-13-17-12(15)18-14(19-13)20(2)3/h4-6,9H,7-8H2,1-3H3,(H3,15,16,17,18,19). The quantitative estimate of drug-likeness (QED) is 0.775. The van der Waals surface area contributed by atoms with Crippen LogP contribution in [0.3, 0.4) is 0 Å². The number of nitrogens with two attached hydrogens (primary N) is 1. The smallest absolute Gasteiger partial charge is 0.231 e. The minimum absolute atomic E-state index is 0.191. The summed E-state index contributed by atoms with van der Waals surface area (Å²) in [4.78, 5) is 14.1. The third-order valence-electron chi connectivity index (χ3n) is 2.68. The molecule has 0 fully saturated rings. The van der Waals surface area contributed by atoms with Gasteiger partial charge in [-0.1, -0.05) is 12.1 Å².